The molecule has 0 saturated carbocycles. The van der Waals surface area contributed by atoms with E-state index in [1.807, 2.05) is 24.3 Å². The summed E-state index contributed by atoms with van der Waals surface area (Å²) >= 11 is 1.78. The Balaban J connectivity index is 0.00000280. The number of carbonyl (C=O) groups excluding carboxylic acids is 1. The Hall–Kier alpha value is -1.65. The van der Waals surface area contributed by atoms with Crippen LogP contribution in [0.1, 0.15) is 28.2 Å². The maximum Gasteiger partial charge on any atom is 0.253 e. The predicted octanol–water partition coefficient (Wildman–Crippen LogP) is 3.66. The molecule has 2 heterocycles. The van der Waals surface area contributed by atoms with E-state index in [4.69, 9.17) is 4.74 Å². The molecule has 3 N–H and O–H groups in total. The molecule has 6 nitrogen and oxygen atoms in total. The molecule has 0 radical (unpaired) electrons. The standard InChI is InChI=1S/C20H26N4O2S.HI/c1-14-8-9-17(27-14)13-23-20(21-2)22-12-15-5-3-6-16(11-15)24-19(25)18-7-4-10-26-18;/h3,5-6,8-9,11,18H,4,7,10,12-13H2,1-2H3,(H,24,25)(H2,21,22,23);1H. The van der Waals surface area contributed by atoms with Gasteiger partial charge in [-0.05, 0) is 49.6 Å². The maximum absolute atomic E-state index is 12.2. The van der Waals surface area contributed by atoms with Crippen LogP contribution in [0.4, 0.5) is 5.69 Å². The summed E-state index contributed by atoms with van der Waals surface area (Å²) in [5.74, 6) is 0.677. The molecule has 1 saturated heterocycles. The van der Waals surface area contributed by atoms with Crippen molar-refractivity contribution in [2.45, 2.75) is 39.0 Å². The highest BCUT2D eigenvalue weighted by Crippen LogP contribution is 2.16. The third-order valence-electron chi connectivity index (χ3n) is 4.33. The van der Waals surface area contributed by atoms with Crippen molar-refractivity contribution in [1.29, 1.82) is 0 Å². The summed E-state index contributed by atoms with van der Waals surface area (Å²) in [4.78, 5) is 19.0. The lowest BCUT2D eigenvalue weighted by molar-refractivity contribution is -0.124. The van der Waals surface area contributed by atoms with Crippen LogP contribution in [-0.4, -0.2) is 31.6 Å². The van der Waals surface area contributed by atoms with Crippen LogP contribution in [-0.2, 0) is 22.6 Å². The number of anilines is 1. The summed E-state index contributed by atoms with van der Waals surface area (Å²) in [5, 5.41) is 9.56. The molecule has 1 aliphatic heterocycles. The number of carbonyl (C=O) groups is 1. The lowest BCUT2D eigenvalue weighted by Crippen LogP contribution is -2.36. The van der Waals surface area contributed by atoms with Crippen molar-refractivity contribution in [1.82, 2.24) is 10.6 Å². The van der Waals surface area contributed by atoms with Gasteiger partial charge in [-0.3, -0.25) is 9.79 Å². The summed E-state index contributed by atoms with van der Waals surface area (Å²) in [6, 6.07) is 12.1. The molecule has 1 atom stereocenters. The van der Waals surface area contributed by atoms with E-state index in [0.29, 0.717) is 13.2 Å². The predicted molar refractivity (Wildman–Crippen MR) is 126 cm³/mol. The van der Waals surface area contributed by atoms with E-state index < -0.39 is 0 Å². The number of thiophene rings is 1. The first-order chi connectivity index (χ1) is 13.1. The average Bonchev–Trinajstić information content (AvgIpc) is 3.34. The number of aliphatic imine (C=N–C) groups is 1. The van der Waals surface area contributed by atoms with Crippen LogP contribution in [0.5, 0.6) is 0 Å². The molecule has 152 valence electrons. The second-order valence-electron chi connectivity index (χ2n) is 6.48. The SMILES string of the molecule is CN=C(NCc1cccc(NC(=O)C2CCCO2)c1)NCc1ccc(C)s1.I. The normalized spacial score (nSPS) is 16.4. The van der Waals surface area contributed by atoms with Crippen LogP contribution >= 0.6 is 35.3 Å². The van der Waals surface area contributed by atoms with Crippen LogP contribution in [0.15, 0.2) is 41.4 Å². The van der Waals surface area contributed by atoms with Gasteiger partial charge in [-0.25, -0.2) is 0 Å². The first kappa shape index (κ1) is 22.6. The van der Waals surface area contributed by atoms with Crippen LogP contribution < -0.4 is 16.0 Å². The zero-order valence-electron chi connectivity index (χ0n) is 16.2. The molecule has 1 aromatic heterocycles. The Kier molecular flexibility index (Phi) is 9.20. The van der Waals surface area contributed by atoms with Crippen molar-refractivity contribution >= 4 is 52.9 Å². The van der Waals surface area contributed by atoms with Gasteiger partial charge in [0.05, 0.1) is 6.54 Å². The van der Waals surface area contributed by atoms with E-state index in [1.54, 1.807) is 18.4 Å². The van der Waals surface area contributed by atoms with Gasteiger partial charge in [0.1, 0.15) is 6.10 Å². The summed E-state index contributed by atoms with van der Waals surface area (Å²) < 4.78 is 5.43. The summed E-state index contributed by atoms with van der Waals surface area (Å²) in [7, 11) is 1.76. The molecular weight excluding hydrogens is 487 g/mol. The number of hydrogen-bond acceptors (Lipinski definition) is 4. The Morgan fingerprint density at radius 2 is 2.07 bits per heavy atom. The number of benzene rings is 1. The summed E-state index contributed by atoms with van der Waals surface area (Å²) in [6.45, 7) is 4.13. The highest BCUT2D eigenvalue weighted by Gasteiger charge is 2.23. The van der Waals surface area contributed by atoms with E-state index >= 15 is 0 Å². The van der Waals surface area contributed by atoms with Gasteiger partial charge < -0.3 is 20.7 Å². The minimum atomic E-state index is -0.323. The van der Waals surface area contributed by atoms with Crippen molar-refractivity contribution < 1.29 is 9.53 Å². The number of halogens is 1. The van der Waals surface area contributed by atoms with Gasteiger partial charge in [0, 0.05) is 35.6 Å². The second-order valence-corrected chi connectivity index (χ2v) is 7.86. The number of ether oxygens (including phenoxy) is 1. The zero-order chi connectivity index (χ0) is 19.1. The van der Waals surface area contributed by atoms with Crippen molar-refractivity contribution in [3.63, 3.8) is 0 Å². The molecular formula is C20H27IN4O2S. The first-order valence-electron chi connectivity index (χ1n) is 9.15. The Bertz CT molecular complexity index is 803. The molecule has 0 spiro atoms. The molecule has 1 fully saturated rings. The maximum atomic E-state index is 12.2. The minimum absolute atomic E-state index is 0. The lowest BCUT2D eigenvalue weighted by Gasteiger charge is -2.13. The fourth-order valence-electron chi connectivity index (χ4n) is 2.92. The molecule has 1 aromatic carbocycles. The number of aryl methyl sites for hydroxylation is 1. The van der Waals surface area contributed by atoms with E-state index in [0.717, 1.165) is 36.6 Å². The first-order valence-corrected chi connectivity index (χ1v) is 9.97. The van der Waals surface area contributed by atoms with Crippen molar-refractivity contribution in [3.8, 4) is 0 Å². The van der Waals surface area contributed by atoms with E-state index in [9.17, 15) is 4.79 Å². The number of hydrogen-bond donors (Lipinski definition) is 3. The van der Waals surface area contributed by atoms with E-state index in [2.05, 4.69) is 40.0 Å². The molecule has 2 aromatic rings. The van der Waals surface area contributed by atoms with Gasteiger partial charge in [-0.2, -0.15) is 0 Å². The highest BCUT2D eigenvalue weighted by molar-refractivity contribution is 14.0. The molecule has 0 bridgehead atoms. The Labute approximate surface area is 187 Å². The van der Waals surface area contributed by atoms with Gasteiger partial charge in [0.2, 0.25) is 0 Å². The topological polar surface area (TPSA) is 74.8 Å². The molecule has 8 heteroatoms. The van der Waals surface area contributed by atoms with E-state index in [1.165, 1.54) is 9.75 Å². The smallest absolute Gasteiger partial charge is 0.253 e. The number of rotatable bonds is 6. The number of nitrogens with zero attached hydrogens (tertiary/aromatic N) is 1. The average molecular weight is 514 g/mol. The van der Waals surface area contributed by atoms with Crippen LogP contribution in [0, 0.1) is 6.92 Å². The molecule has 0 aliphatic carbocycles. The molecule has 1 aliphatic rings. The highest BCUT2D eigenvalue weighted by atomic mass is 127. The van der Waals surface area contributed by atoms with Crippen molar-refractivity contribution in [3.05, 3.63) is 51.7 Å². The fourth-order valence-corrected chi connectivity index (χ4v) is 3.75. The monoisotopic (exact) mass is 514 g/mol. The largest absolute Gasteiger partial charge is 0.368 e. The number of amides is 1. The molecule has 3 rings (SSSR count). The van der Waals surface area contributed by atoms with Crippen molar-refractivity contribution in [2.75, 3.05) is 19.0 Å². The Morgan fingerprint density at radius 1 is 1.25 bits per heavy atom. The van der Waals surface area contributed by atoms with Crippen LogP contribution in [0.2, 0.25) is 0 Å². The fraction of sp³-hybridized carbons (Fsp3) is 0.400. The summed E-state index contributed by atoms with van der Waals surface area (Å²) in [6.07, 6.45) is 1.41. The van der Waals surface area contributed by atoms with Gasteiger partial charge in [-0.1, -0.05) is 12.1 Å². The second kappa shape index (κ2) is 11.4. The van der Waals surface area contributed by atoms with Crippen LogP contribution in [0.25, 0.3) is 0 Å². The summed E-state index contributed by atoms with van der Waals surface area (Å²) in [5.41, 5.74) is 1.85. The third kappa shape index (κ3) is 6.75. The minimum Gasteiger partial charge on any atom is -0.368 e. The molecule has 1 unspecified atom stereocenters. The third-order valence-corrected chi connectivity index (χ3v) is 5.33. The van der Waals surface area contributed by atoms with Gasteiger partial charge in [-0.15, -0.1) is 35.3 Å². The molecule has 1 amide bonds. The quantitative estimate of drug-likeness (QED) is 0.313. The van der Waals surface area contributed by atoms with Gasteiger partial charge in [0.15, 0.2) is 5.96 Å². The zero-order valence-corrected chi connectivity index (χ0v) is 19.3. The van der Waals surface area contributed by atoms with E-state index in [-0.39, 0.29) is 36.0 Å². The molecule has 28 heavy (non-hydrogen) atoms. The van der Waals surface area contributed by atoms with Crippen LogP contribution in [0.3, 0.4) is 0 Å². The number of nitrogens with one attached hydrogen (secondary N) is 3. The number of guanidine groups is 1. The van der Waals surface area contributed by atoms with Gasteiger partial charge in [0.25, 0.3) is 5.91 Å². The lowest BCUT2D eigenvalue weighted by atomic mass is 10.2. The Morgan fingerprint density at radius 3 is 2.75 bits per heavy atom. The van der Waals surface area contributed by atoms with Crippen molar-refractivity contribution in [2.24, 2.45) is 4.99 Å². The van der Waals surface area contributed by atoms with Gasteiger partial charge >= 0.3 is 0 Å².